The van der Waals surface area contributed by atoms with Gasteiger partial charge >= 0.3 is 0 Å². The summed E-state index contributed by atoms with van der Waals surface area (Å²) in [5.41, 5.74) is 0.570. The van der Waals surface area contributed by atoms with E-state index in [1.54, 1.807) is 6.92 Å². The zero-order valence-electron chi connectivity index (χ0n) is 9.35. The first-order valence-corrected chi connectivity index (χ1v) is 5.27. The molecule has 0 aromatic rings. The number of hydrogen-bond acceptors (Lipinski definition) is 2. The van der Waals surface area contributed by atoms with E-state index in [2.05, 4.69) is 20.8 Å². The summed E-state index contributed by atoms with van der Waals surface area (Å²) in [5.74, 6) is 0.681. The van der Waals surface area contributed by atoms with E-state index in [1.807, 2.05) is 0 Å². The first-order valence-electron chi connectivity index (χ1n) is 5.27. The van der Waals surface area contributed by atoms with Crippen LogP contribution in [0.1, 0.15) is 40.5 Å². The predicted octanol–water partition coefficient (Wildman–Crippen LogP) is 2.84. The number of allylic oxidation sites excluding steroid dienone is 2. The van der Waals surface area contributed by atoms with Gasteiger partial charge in [-0.15, -0.1) is 0 Å². The van der Waals surface area contributed by atoms with Crippen LogP contribution in [0.3, 0.4) is 0 Å². The van der Waals surface area contributed by atoms with E-state index in [0.29, 0.717) is 11.3 Å². The number of hydrogen-bond donors (Lipinski definition) is 1. The van der Waals surface area contributed by atoms with Gasteiger partial charge in [-0.3, -0.25) is 4.79 Å². The fourth-order valence-corrected chi connectivity index (χ4v) is 3.30. The lowest BCUT2D eigenvalue weighted by Crippen LogP contribution is -2.30. The first-order chi connectivity index (χ1) is 6.32. The van der Waals surface area contributed by atoms with Gasteiger partial charge in [0.05, 0.1) is 0 Å². The Labute approximate surface area is 85.0 Å². The molecule has 1 N–H and O–H groups in total. The molecule has 2 nitrogen and oxygen atoms in total. The maximum Gasteiger partial charge on any atom is 0.159 e. The number of rotatable bonds is 1. The molecule has 2 rings (SSSR count). The molecule has 2 aliphatic rings. The number of fused-ring (bicyclic) bond motifs is 2. The zero-order valence-corrected chi connectivity index (χ0v) is 9.35. The van der Waals surface area contributed by atoms with Crippen molar-refractivity contribution in [2.75, 3.05) is 0 Å². The Bertz CT molecular complexity index is 338. The number of Topliss-reactive ketones (excluding diaryl/α,β-unsaturated/α-hetero) is 1. The summed E-state index contributed by atoms with van der Waals surface area (Å²) in [6.07, 6.45) is 2.05. The average Bonchev–Trinajstić information content (AvgIpc) is 2.35. The first kappa shape index (κ1) is 9.75. The standard InChI is InChI=1S/C12H18O2/c1-7(13)9-8-5-6-12(4,10(9)14)11(8,2)3/h8,14H,5-6H2,1-4H3/t8-,12-/m0/s1. The van der Waals surface area contributed by atoms with E-state index in [1.165, 1.54) is 0 Å². The van der Waals surface area contributed by atoms with Crippen molar-refractivity contribution in [2.24, 2.45) is 16.7 Å². The summed E-state index contributed by atoms with van der Waals surface area (Å²) in [6, 6.07) is 0. The van der Waals surface area contributed by atoms with Gasteiger partial charge in [0.2, 0.25) is 0 Å². The minimum absolute atomic E-state index is 0.0398. The van der Waals surface area contributed by atoms with Crippen LogP contribution in [-0.4, -0.2) is 10.9 Å². The van der Waals surface area contributed by atoms with E-state index in [0.717, 1.165) is 12.8 Å². The molecule has 2 bridgehead atoms. The molecule has 2 heteroatoms. The number of ketones is 1. The second-order valence-corrected chi connectivity index (χ2v) is 5.46. The highest BCUT2D eigenvalue weighted by molar-refractivity contribution is 5.95. The lowest BCUT2D eigenvalue weighted by atomic mass is 9.70. The molecular formula is C12H18O2. The molecule has 2 aliphatic carbocycles. The predicted molar refractivity (Wildman–Crippen MR) is 54.9 cm³/mol. The number of aliphatic hydroxyl groups is 1. The van der Waals surface area contributed by atoms with Crippen LogP contribution >= 0.6 is 0 Å². The Morgan fingerprint density at radius 3 is 2.29 bits per heavy atom. The Kier molecular flexibility index (Phi) is 1.68. The maximum atomic E-state index is 11.5. The Balaban J connectivity index is 2.58. The van der Waals surface area contributed by atoms with Crippen molar-refractivity contribution in [1.82, 2.24) is 0 Å². The van der Waals surface area contributed by atoms with Gasteiger partial charge in [-0.05, 0) is 31.1 Å². The van der Waals surface area contributed by atoms with Gasteiger partial charge in [-0.2, -0.15) is 0 Å². The molecule has 0 unspecified atom stereocenters. The van der Waals surface area contributed by atoms with Crippen molar-refractivity contribution < 1.29 is 9.90 Å². The molecule has 1 saturated carbocycles. The van der Waals surface area contributed by atoms with E-state index in [9.17, 15) is 9.90 Å². The largest absolute Gasteiger partial charge is 0.511 e. The lowest BCUT2D eigenvalue weighted by molar-refractivity contribution is -0.114. The van der Waals surface area contributed by atoms with E-state index < -0.39 is 0 Å². The van der Waals surface area contributed by atoms with Crippen LogP contribution in [0.2, 0.25) is 0 Å². The van der Waals surface area contributed by atoms with Crippen LogP contribution in [-0.2, 0) is 4.79 Å². The van der Waals surface area contributed by atoms with Gasteiger partial charge in [-0.25, -0.2) is 0 Å². The zero-order chi connectivity index (χ0) is 10.7. The van der Waals surface area contributed by atoms with E-state index in [-0.39, 0.29) is 22.5 Å². The van der Waals surface area contributed by atoms with Gasteiger partial charge < -0.3 is 5.11 Å². The number of carbonyl (C=O) groups is 1. The maximum absolute atomic E-state index is 11.5. The van der Waals surface area contributed by atoms with Crippen LogP contribution in [0, 0.1) is 16.7 Å². The molecule has 0 aromatic heterocycles. The van der Waals surface area contributed by atoms with Crippen molar-refractivity contribution >= 4 is 5.78 Å². The number of aliphatic hydroxyl groups excluding tert-OH is 1. The Hall–Kier alpha value is -0.790. The average molecular weight is 194 g/mol. The molecule has 78 valence electrons. The molecule has 0 heterocycles. The van der Waals surface area contributed by atoms with Crippen molar-refractivity contribution in [2.45, 2.75) is 40.5 Å². The summed E-state index contributed by atoms with van der Waals surface area (Å²) in [4.78, 5) is 11.5. The lowest BCUT2D eigenvalue weighted by Gasteiger charge is -2.34. The fraction of sp³-hybridized carbons (Fsp3) is 0.750. The van der Waals surface area contributed by atoms with Crippen molar-refractivity contribution in [1.29, 1.82) is 0 Å². The second kappa shape index (κ2) is 2.41. The third-order valence-corrected chi connectivity index (χ3v) is 4.73. The SMILES string of the molecule is CC(=O)C1=C(O)[C@]2(C)CC[C@@H]1C2(C)C. The van der Waals surface area contributed by atoms with Crippen LogP contribution in [0.4, 0.5) is 0 Å². The summed E-state index contributed by atoms with van der Waals surface area (Å²) >= 11 is 0. The molecule has 14 heavy (non-hydrogen) atoms. The second-order valence-electron chi connectivity index (χ2n) is 5.46. The highest BCUT2D eigenvalue weighted by atomic mass is 16.3. The third-order valence-electron chi connectivity index (χ3n) is 4.73. The molecule has 0 radical (unpaired) electrons. The topological polar surface area (TPSA) is 37.3 Å². The molecule has 0 spiro atoms. The fourth-order valence-electron chi connectivity index (χ4n) is 3.30. The molecule has 1 fully saturated rings. The molecule has 0 aliphatic heterocycles. The van der Waals surface area contributed by atoms with Crippen molar-refractivity contribution in [3.63, 3.8) is 0 Å². The number of carbonyl (C=O) groups excluding carboxylic acids is 1. The quantitative estimate of drug-likeness (QED) is 0.697. The van der Waals surface area contributed by atoms with Crippen molar-refractivity contribution in [3.05, 3.63) is 11.3 Å². The van der Waals surface area contributed by atoms with Crippen LogP contribution < -0.4 is 0 Å². The van der Waals surface area contributed by atoms with Gasteiger partial charge in [0, 0.05) is 11.0 Å². The Morgan fingerprint density at radius 2 is 2.00 bits per heavy atom. The summed E-state index contributed by atoms with van der Waals surface area (Å²) in [5, 5.41) is 10.1. The third kappa shape index (κ3) is 0.800. The van der Waals surface area contributed by atoms with E-state index >= 15 is 0 Å². The van der Waals surface area contributed by atoms with Crippen LogP contribution in [0.15, 0.2) is 11.3 Å². The van der Waals surface area contributed by atoms with Crippen molar-refractivity contribution in [3.8, 4) is 0 Å². The molecular weight excluding hydrogens is 176 g/mol. The van der Waals surface area contributed by atoms with Crippen LogP contribution in [0.5, 0.6) is 0 Å². The highest BCUT2D eigenvalue weighted by Crippen LogP contribution is 2.67. The highest BCUT2D eigenvalue weighted by Gasteiger charge is 2.61. The van der Waals surface area contributed by atoms with Gasteiger partial charge in [0.15, 0.2) is 5.78 Å². The van der Waals surface area contributed by atoms with E-state index in [4.69, 9.17) is 0 Å². The van der Waals surface area contributed by atoms with Gasteiger partial charge in [0.25, 0.3) is 0 Å². The van der Waals surface area contributed by atoms with Gasteiger partial charge in [-0.1, -0.05) is 20.8 Å². The summed E-state index contributed by atoms with van der Waals surface area (Å²) in [6.45, 7) is 7.97. The summed E-state index contributed by atoms with van der Waals surface area (Å²) in [7, 11) is 0. The van der Waals surface area contributed by atoms with Crippen LogP contribution in [0.25, 0.3) is 0 Å². The normalized spacial score (nSPS) is 39.3. The molecule has 0 amide bonds. The molecule has 0 saturated heterocycles. The Morgan fingerprint density at radius 1 is 1.43 bits per heavy atom. The molecule has 0 aromatic carbocycles. The molecule has 2 atom stereocenters. The smallest absolute Gasteiger partial charge is 0.159 e. The monoisotopic (exact) mass is 194 g/mol. The van der Waals surface area contributed by atoms with Gasteiger partial charge in [0.1, 0.15) is 5.76 Å². The summed E-state index contributed by atoms with van der Waals surface area (Å²) < 4.78 is 0. The minimum Gasteiger partial charge on any atom is -0.511 e. The minimum atomic E-state index is -0.168.